The summed E-state index contributed by atoms with van der Waals surface area (Å²) in [5.74, 6) is 0.603. The van der Waals surface area contributed by atoms with Gasteiger partial charge in [0.25, 0.3) is 0 Å². The first kappa shape index (κ1) is 18.4. The fourth-order valence-corrected chi connectivity index (χ4v) is 5.14. The van der Waals surface area contributed by atoms with Crippen molar-refractivity contribution in [3.05, 3.63) is 66.0 Å². The van der Waals surface area contributed by atoms with E-state index in [-0.39, 0.29) is 16.4 Å². The van der Waals surface area contributed by atoms with Crippen LogP contribution < -0.4 is 0 Å². The Morgan fingerprint density at radius 1 is 1.11 bits per heavy atom. The molecule has 0 aliphatic heterocycles. The van der Waals surface area contributed by atoms with Gasteiger partial charge in [-0.05, 0) is 37.1 Å². The Morgan fingerprint density at radius 2 is 1.89 bits per heavy atom. The highest BCUT2D eigenvalue weighted by molar-refractivity contribution is 7.91. The van der Waals surface area contributed by atoms with Crippen LogP contribution in [0.5, 0.6) is 0 Å². The Morgan fingerprint density at radius 3 is 2.54 bits per heavy atom. The fourth-order valence-electron chi connectivity index (χ4n) is 3.43. The summed E-state index contributed by atoms with van der Waals surface area (Å²) in [5, 5.41) is 10.2. The van der Waals surface area contributed by atoms with Gasteiger partial charge in [0, 0.05) is 36.5 Å². The predicted octanol–water partition coefficient (Wildman–Crippen LogP) is 2.70. The van der Waals surface area contributed by atoms with E-state index in [1.165, 1.54) is 6.20 Å². The fraction of sp³-hybridized carbons (Fsp3) is 0.200. The van der Waals surface area contributed by atoms with Crippen LogP contribution in [0.4, 0.5) is 0 Å². The van der Waals surface area contributed by atoms with E-state index in [2.05, 4.69) is 9.97 Å². The zero-order valence-electron chi connectivity index (χ0n) is 15.8. The number of aliphatic hydroxyl groups is 1. The Kier molecular flexibility index (Phi) is 4.32. The molecule has 1 N–H and O–H groups in total. The van der Waals surface area contributed by atoms with Gasteiger partial charge in [0.1, 0.15) is 12.1 Å². The van der Waals surface area contributed by atoms with E-state index in [0.717, 1.165) is 11.2 Å². The zero-order chi connectivity index (χ0) is 20.1. The number of aliphatic hydroxyl groups excluding tert-OH is 1. The van der Waals surface area contributed by atoms with Crippen LogP contribution in [0.2, 0.25) is 0 Å². The van der Waals surface area contributed by atoms with Crippen molar-refractivity contribution < 1.29 is 13.5 Å². The molecule has 0 fully saturated rings. The first-order chi connectivity index (χ1) is 13.3. The van der Waals surface area contributed by atoms with E-state index < -0.39 is 9.84 Å². The Bertz CT molecular complexity index is 1300. The lowest BCUT2D eigenvalue weighted by atomic mass is 10.1. The summed E-state index contributed by atoms with van der Waals surface area (Å²) in [6, 6.07) is 7.10. The molecule has 0 atom stereocenters. The molecule has 0 saturated carbocycles. The van der Waals surface area contributed by atoms with Crippen LogP contribution in [0, 0.1) is 13.8 Å². The van der Waals surface area contributed by atoms with Crippen molar-refractivity contribution in [2.75, 3.05) is 0 Å². The number of aromatic nitrogens is 4. The average molecular weight is 396 g/mol. The molecule has 8 heteroatoms. The van der Waals surface area contributed by atoms with Gasteiger partial charge in [-0.1, -0.05) is 12.1 Å². The van der Waals surface area contributed by atoms with Gasteiger partial charge in [-0.25, -0.2) is 18.4 Å². The Labute approximate surface area is 162 Å². The van der Waals surface area contributed by atoms with Crippen molar-refractivity contribution in [1.29, 1.82) is 0 Å². The third-order valence-electron chi connectivity index (χ3n) is 4.84. The van der Waals surface area contributed by atoms with Crippen molar-refractivity contribution >= 4 is 20.7 Å². The molecule has 7 nitrogen and oxygen atoms in total. The number of imidazole rings is 1. The van der Waals surface area contributed by atoms with Crippen LogP contribution in [0.3, 0.4) is 0 Å². The Balaban J connectivity index is 1.89. The molecule has 0 unspecified atom stereocenters. The number of rotatable bonds is 4. The standard InChI is InChI=1S/C20H20N4O3S/c1-13-7-19(24-9-14(2)22-12-24)21-8-17(13)28(26,27)18-10-23(3)16-6-4-5-15(11-25)20(16)18/h4-10,12,25H,11H2,1-3H3. The monoisotopic (exact) mass is 396 g/mol. The van der Waals surface area contributed by atoms with Gasteiger partial charge in [0.2, 0.25) is 9.84 Å². The second-order valence-electron chi connectivity index (χ2n) is 6.81. The second-order valence-corrected chi connectivity index (χ2v) is 8.69. The molecule has 0 radical (unpaired) electrons. The van der Waals surface area contributed by atoms with Crippen LogP contribution >= 0.6 is 0 Å². The minimum Gasteiger partial charge on any atom is -0.392 e. The maximum absolute atomic E-state index is 13.4. The van der Waals surface area contributed by atoms with Crippen LogP contribution in [0.15, 0.2) is 59.0 Å². The van der Waals surface area contributed by atoms with Gasteiger partial charge in [-0.3, -0.25) is 4.57 Å². The van der Waals surface area contributed by atoms with Gasteiger partial charge in [0.05, 0.1) is 22.1 Å². The molecule has 0 saturated heterocycles. The predicted molar refractivity (Wildman–Crippen MR) is 105 cm³/mol. The van der Waals surface area contributed by atoms with Gasteiger partial charge in [-0.2, -0.15) is 0 Å². The molecule has 0 aliphatic rings. The highest BCUT2D eigenvalue weighted by Crippen LogP contribution is 2.33. The number of hydrogen-bond acceptors (Lipinski definition) is 5. The molecular weight excluding hydrogens is 376 g/mol. The van der Waals surface area contributed by atoms with Crippen molar-refractivity contribution in [2.24, 2.45) is 7.05 Å². The number of benzene rings is 1. The van der Waals surface area contributed by atoms with Gasteiger partial charge in [-0.15, -0.1) is 0 Å². The number of aryl methyl sites for hydroxylation is 3. The van der Waals surface area contributed by atoms with Gasteiger partial charge < -0.3 is 9.67 Å². The van der Waals surface area contributed by atoms with Crippen LogP contribution in [0.1, 0.15) is 16.8 Å². The molecule has 3 heterocycles. The summed E-state index contributed by atoms with van der Waals surface area (Å²) in [6.07, 6.45) is 6.44. The summed E-state index contributed by atoms with van der Waals surface area (Å²) in [6.45, 7) is 3.39. The highest BCUT2D eigenvalue weighted by Gasteiger charge is 2.26. The lowest BCUT2D eigenvalue weighted by Crippen LogP contribution is -2.07. The van der Waals surface area contributed by atoms with E-state index >= 15 is 0 Å². The quantitative estimate of drug-likeness (QED) is 0.573. The molecule has 3 aromatic heterocycles. The maximum Gasteiger partial charge on any atom is 0.210 e. The number of nitrogens with zero attached hydrogens (tertiary/aromatic N) is 4. The molecule has 1 aromatic carbocycles. The van der Waals surface area contributed by atoms with E-state index in [4.69, 9.17) is 0 Å². The van der Waals surface area contributed by atoms with Crippen molar-refractivity contribution in [2.45, 2.75) is 30.2 Å². The van der Waals surface area contributed by atoms with Crippen LogP contribution in [-0.4, -0.2) is 32.6 Å². The molecule has 0 bridgehead atoms. The molecule has 28 heavy (non-hydrogen) atoms. The SMILES string of the molecule is Cc1cn(-c2cc(C)c(S(=O)(=O)c3cn(C)c4cccc(CO)c34)cn2)cn1. The van der Waals surface area contributed by atoms with Crippen LogP contribution in [0.25, 0.3) is 16.7 Å². The first-order valence-electron chi connectivity index (χ1n) is 8.73. The normalized spacial score (nSPS) is 12.0. The number of sulfone groups is 1. The second kappa shape index (κ2) is 6.57. The topological polar surface area (TPSA) is 90.0 Å². The van der Waals surface area contributed by atoms with E-state index in [9.17, 15) is 13.5 Å². The van der Waals surface area contributed by atoms with E-state index in [1.54, 1.807) is 53.8 Å². The minimum atomic E-state index is -3.82. The molecule has 0 spiro atoms. The third-order valence-corrected chi connectivity index (χ3v) is 6.73. The summed E-state index contributed by atoms with van der Waals surface area (Å²) >= 11 is 0. The third kappa shape index (κ3) is 2.81. The summed E-state index contributed by atoms with van der Waals surface area (Å²) in [7, 11) is -2.03. The maximum atomic E-state index is 13.4. The number of pyridine rings is 1. The lowest BCUT2D eigenvalue weighted by Gasteiger charge is -2.10. The first-order valence-corrected chi connectivity index (χ1v) is 10.2. The smallest absolute Gasteiger partial charge is 0.210 e. The largest absolute Gasteiger partial charge is 0.392 e. The van der Waals surface area contributed by atoms with Gasteiger partial charge in [0.15, 0.2) is 0 Å². The average Bonchev–Trinajstić information content (AvgIpc) is 3.25. The molecule has 0 aliphatic carbocycles. The lowest BCUT2D eigenvalue weighted by molar-refractivity contribution is 0.283. The highest BCUT2D eigenvalue weighted by atomic mass is 32.2. The molecule has 4 rings (SSSR count). The van der Waals surface area contributed by atoms with Crippen molar-refractivity contribution in [3.8, 4) is 5.82 Å². The van der Waals surface area contributed by atoms with Crippen LogP contribution in [-0.2, 0) is 23.5 Å². The molecule has 144 valence electrons. The van der Waals surface area contributed by atoms with E-state index in [0.29, 0.717) is 22.3 Å². The van der Waals surface area contributed by atoms with Crippen molar-refractivity contribution in [3.63, 3.8) is 0 Å². The van der Waals surface area contributed by atoms with Crippen molar-refractivity contribution in [1.82, 2.24) is 19.1 Å². The molecule has 4 aromatic rings. The number of hydrogen-bond donors (Lipinski definition) is 1. The summed E-state index contributed by atoms with van der Waals surface area (Å²) in [4.78, 5) is 8.83. The summed E-state index contributed by atoms with van der Waals surface area (Å²) < 4.78 is 30.4. The number of fused-ring (bicyclic) bond motifs is 1. The summed E-state index contributed by atoms with van der Waals surface area (Å²) in [5.41, 5.74) is 2.77. The van der Waals surface area contributed by atoms with E-state index in [1.807, 2.05) is 19.2 Å². The minimum absolute atomic E-state index is 0.147. The molecular formula is C20H20N4O3S. The Hall–Kier alpha value is -2.97. The zero-order valence-corrected chi connectivity index (χ0v) is 16.6. The molecule has 0 amide bonds. The van der Waals surface area contributed by atoms with Gasteiger partial charge >= 0.3 is 0 Å².